The number of carbonyl (C=O) groups excluding carboxylic acids is 1. The van der Waals surface area contributed by atoms with Gasteiger partial charge >= 0.3 is 5.97 Å². The molecule has 4 heteroatoms. The molecule has 1 heterocycles. The minimum atomic E-state index is -0.226. The molecule has 1 aliphatic heterocycles. The van der Waals surface area contributed by atoms with Crippen LogP contribution in [0.2, 0.25) is 0 Å². The summed E-state index contributed by atoms with van der Waals surface area (Å²) in [5, 5.41) is 0. The van der Waals surface area contributed by atoms with E-state index in [1.165, 1.54) is 6.92 Å². The van der Waals surface area contributed by atoms with Gasteiger partial charge in [-0.15, -0.1) is 0 Å². The normalized spacial score (nSPS) is 17.9. The van der Waals surface area contributed by atoms with Crippen LogP contribution in [0.25, 0.3) is 0 Å². The van der Waals surface area contributed by atoms with E-state index in [1.807, 2.05) is 30.3 Å². The molecule has 0 radical (unpaired) electrons. The fourth-order valence-corrected chi connectivity index (χ4v) is 2.29. The zero-order valence-corrected chi connectivity index (χ0v) is 11.4. The summed E-state index contributed by atoms with van der Waals surface area (Å²) in [4.78, 5) is 13.6. The summed E-state index contributed by atoms with van der Waals surface area (Å²) < 4.78 is 10.8. The van der Waals surface area contributed by atoms with E-state index in [9.17, 15) is 4.79 Å². The minimum Gasteiger partial charge on any atom is -0.458 e. The number of carbonyl (C=O) groups is 1. The molecule has 0 amide bonds. The van der Waals surface area contributed by atoms with Crippen LogP contribution in [0.15, 0.2) is 30.3 Å². The summed E-state index contributed by atoms with van der Waals surface area (Å²) in [6, 6.07) is 9.93. The monoisotopic (exact) mass is 263 g/mol. The number of hydrogen-bond acceptors (Lipinski definition) is 4. The lowest BCUT2D eigenvalue weighted by Crippen LogP contribution is -2.37. The van der Waals surface area contributed by atoms with Crippen molar-refractivity contribution in [1.82, 2.24) is 4.90 Å². The van der Waals surface area contributed by atoms with E-state index in [0.29, 0.717) is 0 Å². The van der Waals surface area contributed by atoms with Gasteiger partial charge in [-0.3, -0.25) is 9.69 Å². The molecule has 0 bridgehead atoms. The van der Waals surface area contributed by atoms with Gasteiger partial charge in [-0.25, -0.2) is 0 Å². The second-order valence-electron chi connectivity index (χ2n) is 4.75. The Morgan fingerprint density at radius 2 is 2.00 bits per heavy atom. The van der Waals surface area contributed by atoms with Crippen LogP contribution in [0, 0.1) is 0 Å². The molecule has 0 spiro atoms. The minimum absolute atomic E-state index is 0.151. The first kappa shape index (κ1) is 14.0. The molecule has 2 rings (SSSR count). The van der Waals surface area contributed by atoms with Gasteiger partial charge in [0, 0.05) is 33.0 Å². The topological polar surface area (TPSA) is 38.8 Å². The molecule has 0 N–H and O–H groups in total. The third-order valence-electron chi connectivity index (χ3n) is 3.29. The first-order valence-electron chi connectivity index (χ1n) is 6.78. The number of hydrogen-bond donors (Lipinski definition) is 0. The Labute approximate surface area is 114 Å². The SMILES string of the molecule is CC(=O)O[C@H](CCN1CCOCC1)c1ccccc1. The van der Waals surface area contributed by atoms with E-state index < -0.39 is 0 Å². The van der Waals surface area contributed by atoms with Gasteiger partial charge in [-0.05, 0) is 5.56 Å². The molecule has 4 nitrogen and oxygen atoms in total. The fourth-order valence-electron chi connectivity index (χ4n) is 2.29. The van der Waals surface area contributed by atoms with E-state index in [4.69, 9.17) is 9.47 Å². The van der Waals surface area contributed by atoms with E-state index >= 15 is 0 Å². The average Bonchev–Trinajstić information content (AvgIpc) is 2.45. The largest absolute Gasteiger partial charge is 0.458 e. The molecule has 1 aromatic carbocycles. The molecule has 0 unspecified atom stereocenters. The Balaban J connectivity index is 1.92. The third kappa shape index (κ3) is 4.65. The van der Waals surface area contributed by atoms with Gasteiger partial charge in [-0.2, -0.15) is 0 Å². The molecule has 104 valence electrons. The molecule has 1 saturated heterocycles. The lowest BCUT2D eigenvalue weighted by atomic mass is 10.1. The Kier molecular flexibility index (Phi) is 5.36. The molecule has 0 saturated carbocycles. The average molecular weight is 263 g/mol. The Hall–Kier alpha value is -1.39. The third-order valence-corrected chi connectivity index (χ3v) is 3.29. The van der Waals surface area contributed by atoms with Crippen molar-refractivity contribution in [1.29, 1.82) is 0 Å². The second kappa shape index (κ2) is 7.26. The lowest BCUT2D eigenvalue weighted by molar-refractivity contribution is -0.147. The van der Waals surface area contributed by atoms with Crippen molar-refractivity contribution in [2.45, 2.75) is 19.4 Å². The molecule has 0 aliphatic carbocycles. The zero-order valence-electron chi connectivity index (χ0n) is 11.4. The predicted octanol–water partition coefficient (Wildman–Crippen LogP) is 2.01. The Morgan fingerprint density at radius 1 is 1.32 bits per heavy atom. The predicted molar refractivity (Wildman–Crippen MR) is 72.8 cm³/mol. The number of ether oxygens (including phenoxy) is 2. The molecule has 19 heavy (non-hydrogen) atoms. The molecule has 1 atom stereocenters. The Bertz CT molecular complexity index is 388. The van der Waals surface area contributed by atoms with Crippen LogP contribution < -0.4 is 0 Å². The molecule has 1 fully saturated rings. The van der Waals surface area contributed by atoms with Gasteiger partial charge in [0.05, 0.1) is 13.2 Å². The second-order valence-corrected chi connectivity index (χ2v) is 4.75. The lowest BCUT2D eigenvalue weighted by Gasteiger charge is -2.28. The van der Waals surface area contributed by atoms with Crippen LogP contribution in [0.3, 0.4) is 0 Å². The van der Waals surface area contributed by atoms with Crippen LogP contribution in [0.1, 0.15) is 25.0 Å². The number of esters is 1. The number of rotatable bonds is 5. The maximum atomic E-state index is 11.2. The van der Waals surface area contributed by atoms with Crippen molar-refractivity contribution in [3.8, 4) is 0 Å². The molecular weight excluding hydrogens is 242 g/mol. The highest BCUT2D eigenvalue weighted by atomic mass is 16.5. The smallest absolute Gasteiger partial charge is 0.303 e. The van der Waals surface area contributed by atoms with Crippen molar-refractivity contribution < 1.29 is 14.3 Å². The van der Waals surface area contributed by atoms with E-state index in [0.717, 1.165) is 44.8 Å². The standard InChI is InChI=1S/C15H21NO3/c1-13(17)19-15(14-5-3-2-4-6-14)7-8-16-9-11-18-12-10-16/h2-6,15H,7-12H2,1H3/t15-/m1/s1. The van der Waals surface area contributed by atoms with Crippen LogP contribution in [-0.2, 0) is 14.3 Å². The maximum Gasteiger partial charge on any atom is 0.303 e. The summed E-state index contributed by atoms with van der Waals surface area (Å²) in [7, 11) is 0. The Morgan fingerprint density at radius 3 is 2.63 bits per heavy atom. The van der Waals surface area contributed by atoms with Crippen molar-refractivity contribution in [3.63, 3.8) is 0 Å². The number of benzene rings is 1. The number of morpholine rings is 1. The van der Waals surface area contributed by atoms with Gasteiger partial charge in [0.25, 0.3) is 0 Å². The van der Waals surface area contributed by atoms with Gasteiger partial charge in [-0.1, -0.05) is 30.3 Å². The maximum absolute atomic E-state index is 11.2. The van der Waals surface area contributed by atoms with Gasteiger partial charge < -0.3 is 9.47 Å². The summed E-state index contributed by atoms with van der Waals surface area (Å²) in [5.41, 5.74) is 1.06. The van der Waals surface area contributed by atoms with E-state index in [-0.39, 0.29) is 12.1 Å². The molecule has 1 aliphatic rings. The first-order chi connectivity index (χ1) is 9.25. The van der Waals surface area contributed by atoms with Crippen LogP contribution in [0.4, 0.5) is 0 Å². The van der Waals surface area contributed by atoms with E-state index in [2.05, 4.69) is 4.90 Å². The summed E-state index contributed by atoms with van der Waals surface area (Å²) in [6.07, 6.45) is 0.672. The molecule has 1 aromatic rings. The molecular formula is C15H21NO3. The summed E-state index contributed by atoms with van der Waals surface area (Å²) in [5.74, 6) is -0.226. The summed E-state index contributed by atoms with van der Waals surface area (Å²) in [6.45, 7) is 5.90. The first-order valence-corrected chi connectivity index (χ1v) is 6.78. The highest BCUT2D eigenvalue weighted by Crippen LogP contribution is 2.21. The summed E-state index contributed by atoms with van der Waals surface area (Å²) >= 11 is 0. The van der Waals surface area contributed by atoms with Crippen LogP contribution >= 0.6 is 0 Å². The highest BCUT2D eigenvalue weighted by molar-refractivity contribution is 5.66. The van der Waals surface area contributed by atoms with Crippen molar-refractivity contribution in [2.24, 2.45) is 0 Å². The zero-order chi connectivity index (χ0) is 13.5. The van der Waals surface area contributed by atoms with Crippen LogP contribution in [0.5, 0.6) is 0 Å². The van der Waals surface area contributed by atoms with Gasteiger partial charge in [0.2, 0.25) is 0 Å². The van der Waals surface area contributed by atoms with Gasteiger partial charge in [0.1, 0.15) is 6.10 Å². The van der Waals surface area contributed by atoms with Gasteiger partial charge in [0.15, 0.2) is 0 Å². The highest BCUT2D eigenvalue weighted by Gasteiger charge is 2.17. The van der Waals surface area contributed by atoms with E-state index in [1.54, 1.807) is 0 Å². The number of nitrogens with zero attached hydrogens (tertiary/aromatic N) is 1. The van der Waals surface area contributed by atoms with Crippen molar-refractivity contribution in [3.05, 3.63) is 35.9 Å². The van der Waals surface area contributed by atoms with Crippen LogP contribution in [-0.4, -0.2) is 43.7 Å². The molecule has 0 aromatic heterocycles. The van der Waals surface area contributed by atoms with Crippen molar-refractivity contribution >= 4 is 5.97 Å². The van der Waals surface area contributed by atoms with Crippen molar-refractivity contribution in [2.75, 3.05) is 32.8 Å². The quantitative estimate of drug-likeness (QED) is 0.762. The fraction of sp³-hybridized carbons (Fsp3) is 0.533.